The number of rotatable bonds is 6. The van der Waals surface area contributed by atoms with Gasteiger partial charge in [-0.3, -0.25) is 9.52 Å². The molecule has 3 bridgehead atoms. The molecule has 0 aromatic rings. The highest BCUT2D eigenvalue weighted by Gasteiger charge is 2.48. The van der Waals surface area contributed by atoms with Crippen LogP contribution in [-0.4, -0.2) is 24.1 Å². The topological polar surface area (TPSA) is 38.3 Å². The molecule has 0 saturated heterocycles. The van der Waals surface area contributed by atoms with Crippen LogP contribution in [0.3, 0.4) is 0 Å². The molecule has 0 radical (unpaired) electrons. The van der Waals surface area contributed by atoms with Crippen molar-refractivity contribution in [3.8, 4) is 0 Å². The van der Waals surface area contributed by atoms with E-state index in [4.69, 9.17) is 4.74 Å². The maximum atomic E-state index is 12.7. The lowest BCUT2D eigenvalue weighted by atomic mass is 9.54. The highest BCUT2D eigenvalue weighted by molar-refractivity contribution is 7.98. The minimum atomic E-state index is -4.22. The van der Waals surface area contributed by atoms with E-state index in [0.717, 1.165) is 56.3 Å². The van der Waals surface area contributed by atoms with Gasteiger partial charge in [0.05, 0.1) is 12.5 Å². The summed E-state index contributed by atoms with van der Waals surface area (Å²) in [4.78, 5) is 12.7. The lowest BCUT2D eigenvalue weighted by Gasteiger charge is -2.51. The summed E-state index contributed by atoms with van der Waals surface area (Å²) >= 11 is -0.128. The highest BCUT2D eigenvalue weighted by atomic mass is 32.2. The van der Waals surface area contributed by atoms with E-state index in [9.17, 15) is 18.0 Å². The van der Waals surface area contributed by atoms with E-state index in [1.54, 1.807) is 0 Å². The molecule has 0 aromatic carbocycles. The molecule has 4 fully saturated rings. The second kappa shape index (κ2) is 8.75. The third kappa shape index (κ3) is 5.18. The van der Waals surface area contributed by atoms with E-state index in [-0.39, 0.29) is 29.9 Å². The predicted molar refractivity (Wildman–Crippen MR) is 103 cm³/mol. The smallest absolute Gasteiger partial charge is 0.456 e. The molecule has 0 aromatic heterocycles. The molecule has 0 aliphatic heterocycles. The molecule has 0 spiro atoms. The number of alkyl halides is 3. The molecule has 0 amide bonds. The van der Waals surface area contributed by atoms with Crippen LogP contribution in [0.4, 0.5) is 13.2 Å². The van der Waals surface area contributed by atoms with Crippen LogP contribution in [0, 0.1) is 35.5 Å². The van der Waals surface area contributed by atoms with Crippen molar-refractivity contribution in [1.29, 1.82) is 0 Å². The van der Waals surface area contributed by atoms with Crippen LogP contribution >= 0.6 is 11.9 Å². The molecule has 3 nitrogen and oxygen atoms in total. The average molecular weight is 420 g/mol. The van der Waals surface area contributed by atoms with Gasteiger partial charge in [-0.05, 0) is 93.8 Å². The first kappa shape index (κ1) is 20.8. The largest absolute Gasteiger partial charge is 0.465 e. The summed E-state index contributed by atoms with van der Waals surface area (Å²) in [6.45, 7) is 0.472. The van der Waals surface area contributed by atoms with Crippen molar-refractivity contribution in [2.45, 2.75) is 82.2 Å². The van der Waals surface area contributed by atoms with E-state index in [1.807, 2.05) is 0 Å². The van der Waals surface area contributed by atoms with Crippen LogP contribution in [0.25, 0.3) is 0 Å². The van der Waals surface area contributed by atoms with Gasteiger partial charge >= 0.3 is 11.5 Å². The van der Waals surface area contributed by atoms with Gasteiger partial charge in [0.1, 0.15) is 0 Å². The van der Waals surface area contributed by atoms with Gasteiger partial charge in [0.2, 0.25) is 0 Å². The zero-order valence-electron chi connectivity index (χ0n) is 16.4. The maximum absolute atomic E-state index is 12.7. The summed E-state index contributed by atoms with van der Waals surface area (Å²) in [5, 5.41) is 0. The van der Waals surface area contributed by atoms with E-state index < -0.39 is 5.51 Å². The van der Waals surface area contributed by atoms with Crippen molar-refractivity contribution in [3.05, 3.63) is 0 Å². The lowest BCUT2D eigenvalue weighted by molar-refractivity contribution is -0.158. The quantitative estimate of drug-likeness (QED) is 0.443. The number of carbonyl (C=O) groups excluding carboxylic acids is 1. The van der Waals surface area contributed by atoms with Gasteiger partial charge in [-0.25, -0.2) is 0 Å². The Balaban J connectivity index is 1.15. The lowest BCUT2D eigenvalue weighted by Crippen LogP contribution is -2.45. The molecule has 0 heterocycles. The van der Waals surface area contributed by atoms with Gasteiger partial charge in [0.25, 0.3) is 0 Å². The standard InChI is InChI=1S/C21H32F3NO2S/c22-21(23,24)28-25-17-4-1-13(2-5-17)7-8-27-20(26)19-12-15-9-14-3-6-18(19)16(10-14)11-15/h13-19,25H,1-12H2. The molecule has 1 N–H and O–H groups in total. The Morgan fingerprint density at radius 2 is 1.71 bits per heavy atom. The molecule has 5 unspecified atom stereocenters. The minimum Gasteiger partial charge on any atom is -0.465 e. The molecular formula is C21H32F3NO2S. The number of hydrogen-bond acceptors (Lipinski definition) is 4. The van der Waals surface area contributed by atoms with E-state index in [1.165, 1.54) is 32.1 Å². The summed E-state index contributed by atoms with van der Waals surface area (Å²) in [5.74, 6) is 3.55. The molecule has 4 aliphatic rings. The summed E-state index contributed by atoms with van der Waals surface area (Å²) in [6, 6.07) is -0.0674. The van der Waals surface area contributed by atoms with Crippen LogP contribution in [0.5, 0.6) is 0 Å². The first-order valence-corrected chi connectivity index (χ1v) is 11.9. The molecule has 4 aliphatic carbocycles. The Morgan fingerprint density at radius 1 is 0.964 bits per heavy atom. The van der Waals surface area contributed by atoms with E-state index in [2.05, 4.69) is 4.72 Å². The number of ether oxygens (including phenoxy) is 1. The zero-order valence-corrected chi connectivity index (χ0v) is 17.2. The number of esters is 1. The van der Waals surface area contributed by atoms with Crippen molar-refractivity contribution in [1.82, 2.24) is 4.72 Å². The van der Waals surface area contributed by atoms with Crippen LogP contribution < -0.4 is 4.72 Å². The normalized spacial score (nSPS) is 40.3. The predicted octanol–water partition coefficient (Wildman–Crippen LogP) is 5.70. The number of fused-ring (bicyclic) bond motifs is 2. The van der Waals surface area contributed by atoms with E-state index in [0.29, 0.717) is 18.4 Å². The van der Waals surface area contributed by atoms with Crippen molar-refractivity contribution >= 4 is 17.9 Å². The van der Waals surface area contributed by atoms with Crippen molar-refractivity contribution < 1.29 is 22.7 Å². The molecule has 28 heavy (non-hydrogen) atoms. The molecule has 4 saturated carbocycles. The summed E-state index contributed by atoms with van der Waals surface area (Å²) < 4.78 is 45.0. The van der Waals surface area contributed by atoms with Crippen molar-refractivity contribution in [2.75, 3.05) is 6.61 Å². The summed E-state index contributed by atoms with van der Waals surface area (Å²) in [6.07, 6.45) is 11.7. The number of halogens is 3. The fourth-order valence-corrected chi connectivity index (χ4v) is 7.08. The monoisotopic (exact) mass is 419 g/mol. The Morgan fingerprint density at radius 3 is 2.46 bits per heavy atom. The second-order valence-electron chi connectivity index (χ2n) is 9.62. The number of nitrogens with one attached hydrogen (secondary N) is 1. The van der Waals surface area contributed by atoms with Crippen LogP contribution in [-0.2, 0) is 9.53 Å². The molecule has 160 valence electrons. The van der Waals surface area contributed by atoms with Gasteiger partial charge in [-0.2, -0.15) is 13.2 Å². The Labute approximate surface area is 170 Å². The van der Waals surface area contributed by atoms with E-state index >= 15 is 0 Å². The molecule has 7 heteroatoms. The van der Waals surface area contributed by atoms with Gasteiger partial charge < -0.3 is 4.74 Å². The fourth-order valence-electron chi connectivity index (χ4n) is 6.54. The Bertz CT molecular complexity index is 544. The fraction of sp³-hybridized carbons (Fsp3) is 0.952. The minimum absolute atomic E-state index is 0.0250. The first-order chi connectivity index (χ1) is 13.4. The maximum Gasteiger partial charge on any atom is 0.456 e. The first-order valence-electron chi connectivity index (χ1n) is 11.0. The third-order valence-electron chi connectivity index (χ3n) is 7.82. The van der Waals surface area contributed by atoms with Crippen molar-refractivity contribution in [2.24, 2.45) is 35.5 Å². The second-order valence-corrected chi connectivity index (χ2v) is 10.5. The SMILES string of the molecule is O=C(OCCC1CCC(NSC(F)(F)F)CC1)C1CC2CC3CCC1C(C3)C2. The molecular weight excluding hydrogens is 387 g/mol. The van der Waals surface area contributed by atoms with Crippen LogP contribution in [0.15, 0.2) is 0 Å². The van der Waals surface area contributed by atoms with Gasteiger partial charge in [-0.15, -0.1) is 0 Å². The highest BCUT2D eigenvalue weighted by Crippen LogP contribution is 2.54. The van der Waals surface area contributed by atoms with Gasteiger partial charge in [0.15, 0.2) is 0 Å². The summed E-state index contributed by atoms with van der Waals surface area (Å²) in [7, 11) is 0. The average Bonchev–Trinajstić information content (AvgIpc) is 2.64. The third-order valence-corrected chi connectivity index (χ3v) is 8.50. The number of carbonyl (C=O) groups is 1. The van der Waals surface area contributed by atoms with Crippen LogP contribution in [0.2, 0.25) is 0 Å². The molecule has 5 atom stereocenters. The Kier molecular flexibility index (Phi) is 6.50. The zero-order chi connectivity index (χ0) is 19.7. The Hall–Kier alpha value is -0.430. The summed E-state index contributed by atoms with van der Waals surface area (Å²) in [5.41, 5.74) is -4.22. The van der Waals surface area contributed by atoms with Crippen molar-refractivity contribution in [3.63, 3.8) is 0 Å². The van der Waals surface area contributed by atoms with Gasteiger partial charge in [0, 0.05) is 18.0 Å². The molecule has 4 rings (SSSR count). The van der Waals surface area contributed by atoms with Crippen LogP contribution in [0.1, 0.15) is 70.6 Å². The van der Waals surface area contributed by atoms with Gasteiger partial charge in [-0.1, -0.05) is 6.42 Å². The number of hydrogen-bond donors (Lipinski definition) is 1.